The number of likely N-dealkylation sites (N-methyl/N-ethyl adjacent to an activating group) is 1. The molecule has 0 unspecified atom stereocenters. The summed E-state index contributed by atoms with van der Waals surface area (Å²) in [5.74, 6) is -0.0853. The van der Waals surface area contributed by atoms with Crippen LogP contribution in [0.15, 0.2) is 99.8 Å². The number of amides is 1. The van der Waals surface area contributed by atoms with E-state index in [1.54, 1.807) is 48.5 Å². The second-order valence-electron chi connectivity index (χ2n) is 11.6. The van der Waals surface area contributed by atoms with Crippen molar-refractivity contribution < 1.29 is 23.1 Å². The zero-order valence-electron chi connectivity index (χ0n) is 28.0. The molecule has 10 nitrogen and oxygen atoms in total. The predicted octanol–water partition coefficient (Wildman–Crippen LogP) is 7.00. The van der Waals surface area contributed by atoms with Crippen LogP contribution in [-0.2, 0) is 14.8 Å². The van der Waals surface area contributed by atoms with Crippen LogP contribution in [0.5, 0.6) is 5.75 Å². The molecule has 0 saturated carbocycles. The Balaban J connectivity index is 1.57. The van der Waals surface area contributed by atoms with Gasteiger partial charge in [-0.15, -0.1) is 0 Å². The van der Waals surface area contributed by atoms with Gasteiger partial charge in [-0.1, -0.05) is 53.6 Å². The fraction of sp³-hybridized carbons (Fsp3) is 0.270. The summed E-state index contributed by atoms with van der Waals surface area (Å²) in [5, 5.41) is 12.6. The van der Waals surface area contributed by atoms with Gasteiger partial charge in [0.15, 0.2) is 11.5 Å². The average Bonchev–Trinajstić information content (AvgIpc) is 3.07. The van der Waals surface area contributed by atoms with Crippen LogP contribution in [0.2, 0.25) is 5.02 Å². The van der Waals surface area contributed by atoms with Crippen molar-refractivity contribution in [1.82, 2.24) is 4.31 Å². The first kappa shape index (κ1) is 35.6. The van der Waals surface area contributed by atoms with Crippen molar-refractivity contribution in [1.29, 1.82) is 0 Å². The lowest BCUT2D eigenvalue weighted by atomic mass is 10.1. The van der Waals surface area contributed by atoms with Gasteiger partial charge < -0.3 is 20.1 Å². The van der Waals surface area contributed by atoms with Crippen LogP contribution in [0.4, 0.5) is 22.7 Å². The van der Waals surface area contributed by atoms with Gasteiger partial charge in [0.2, 0.25) is 0 Å². The molecule has 5 rings (SSSR count). The molecule has 2 N–H and O–H groups in total. The first-order chi connectivity index (χ1) is 23.5. The van der Waals surface area contributed by atoms with Crippen molar-refractivity contribution >= 4 is 61.8 Å². The highest BCUT2D eigenvalue weighted by molar-refractivity contribution is 7.90. The molecule has 0 radical (unpaired) electrons. The summed E-state index contributed by atoms with van der Waals surface area (Å²) in [6.45, 7) is 9.16. The monoisotopic (exact) mass is 701 g/mol. The number of aryl methyl sites for hydroxylation is 3. The first-order valence-corrected chi connectivity index (χ1v) is 17.9. The number of carbonyl (C=O) groups excluding carboxylic acids is 1. The first-order valence-electron chi connectivity index (χ1n) is 16.1. The average molecular weight is 702 g/mol. The van der Waals surface area contributed by atoms with Gasteiger partial charge in [0.1, 0.15) is 10.6 Å². The molecule has 1 heterocycles. The zero-order chi connectivity index (χ0) is 35.1. The number of anilines is 2. The van der Waals surface area contributed by atoms with E-state index in [0.717, 1.165) is 26.7 Å². The van der Waals surface area contributed by atoms with Crippen LogP contribution < -0.4 is 15.0 Å². The molecule has 0 aromatic heterocycles. The third kappa shape index (κ3) is 8.13. The Bertz CT molecular complexity index is 2010. The fourth-order valence-electron chi connectivity index (χ4n) is 5.54. The Labute approximate surface area is 292 Å². The Hall–Kier alpha value is -4.71. The van der Waals surface area contributed by atoms with Crippen molar-refractivity contribution in [3.05, 3.63) is 107 Å². The Kier molecular flexibility index (Phi) is 11.4. The number of benzene rings is 4. The SMILES string of the molecule is CCN(CCO)c1ccc(N=C(C(=O)Nc2ccccc2Cl)C2=Nc3ccccc3S(=O)(=O)N2CCCOc2ccc(C)cc2C)c(C)c1. The number of carbonyl (C=O) groups is 1. The van der Waals surface area contributed by atoms with Crippen LogP contribution in [0, 0.1) is 20.8 Å². The van der Waals surface area contributed by atoms with Gasteiger partial charge in [-0.3, -0.25) is 4.79 Å². The zero-order valence-corrected chi connectivity index (χ0v) is 29.6. The number of aliphatic hydroxyl groups excluding tert-OH is 1. The number of aliphatic imine (C=N–C) groups is 2. The van der Waals surface area contributed by atoms with Crippen molar-refractivity contribution in [3.63, 3.8) is 0 Å². The molecule has 1 aliphatic rings. The van der Waals surface area contributed by atoms with E-state index in [1.807, 2.05) is 62.9 Å². The summed E-state index contributed by atoms with van der Waals surface area (Å²) >= 11 is 6.40. The second kappa shape index (κ2) is 15.7. The summed E-state index contributed by atoms with van der Waals surface area (Å²) in [5.41, 5.74) is 4.50. The highest BCUT2D eigenvalue weighted by Crippen LogP contribution is 2.34. The molecule has 256 valence electrons. The minimum atomic E-state index is -4.15. The highest BCUT2D eigenvalue weighted by Gasteiger charge is 2.38. The second-order valence-corrected chi connectivity index (χ2v) is 13.9. The predicted molar refractivity (Wildman–Crippen MR) is 197 cm³/mol. The summed E-state index contributed by atoms with van der Waals surface area (Å²) < 4.78 is 35.6. The van der Waals surface area contributed by atoms with E-state index in [2.05, 4.69) is 5.32 Å². The number of hydrogen-bond acceptors (Lipinski definition) is 8. The molecule has 12 heteroatoms. The molecule has 0 atom stereocenters. The minimum Gasteiger partial charge on any atom is -0.493 e. The van der Waals surface area contributed by atoms with E-state index < -0.39 is 15.9 Å². The maximum atomic E-state index is 14.2. The minimum absolute atomic E-state index is 0.000427. The number of aliphatic hydroxyl groups is 1. The number of ether oxygens (including phenoxy) is 1. The number of halogens is 1. The number of nitrogens with zero attached hydrogens (tertiary/aromatic N) is 4. The number of hydrogen-bond donors (Lipinski definition) is 2. The molecule has 1 amide bonds. The smallest absolute Gasteiger partial charge is 0.278 e. The van der Waals surface area contributed by atoms with E-state index in [1.165, 1.54) is 6.07 Å². The van der Waals surface area contributed by atoms with Crippen molar-refractivity contribution in [2.24, 2.45) is 9.98 Å². The fourth-order valence-corrected chi connectivity index (χ4v) is 7.31. The van der Waals surface area contributed by atoms with E-state index in [9.17, 15) is 18.3 Å². The number of amidine groups is 1. The molecule has 4 aromatic carbocycles. The van der Waals surface area contributed by atoms with Gasteiger partial charge in [0.25, 0.3) is 15.9 Å². The topological polar surface area (TPSA) is 124 Å². The third-order valence-electron chi connectivity index (χ3n) is 8.07. The number of fused-ring (bicyclic) bond motifs is 1. The molecule has 0 bridgehead atoms. The molecule has 4 aromatic rings. The number of para-hydroxylation sites is 2. The molecular formula is C37H40ClN5O5S. The van der Waals surface area contributed by atoms with Crippen LogP contribution in [0.25, 0.3) is 0 Å². The summed E-state index contributed by atoms with van der Waals surface area (Å²) in [6, 6.07) is 24.6. The summed E-state index contributed by atoms with van der Waals surface area (Å²) in [4.78, 5) is 25.7. The largest absolute Gasteiger partial charge is 0.493 e. The van der Waals surface area contributed by atoms with Crippen LogP contribution in [-0.4, -0.2) is 68.1 Å². The van der Waals surface area contributed by atoms with Crippen LogP contribution in [0.3, 0.4) is 0 Å². The summed E-state index contributed by atoms with van der Waals surface area (Å²) in [6.07, 6.45) is 0.304. The van der Waals surface area contributed by atoms with Gasteiger partial charge in [0, 0.05) is 31.7 Å². The number of sulfonamides is 1. The van der Waals surface area contributed by atoms with Gasteiger partial charge in [-0.05, 0) is 87.4 Å². The molecule has 49 heavy (non-hydrogen) atoms. The molecule has 0 fully saturated rings. The van der Waals surface area contributed by atoms with Gasteiger partial charge in [0.05, 0.1) is 35.3 Å². The molecule has 0 spiro atoms. The number of nitrogens with one attached hydrogen (secondary N) is 1. The lowest BCUT2D eigenvalue weighted by Crippen LogP contribution is -2.47. The Morgan fingerprint density at radius 1 is 1.00 bits per heavy atom. The number of rotatable bonds is 13. The van der Waals surface area contributed by atoms with Crippen LogP contribution >= 0.6 is 11.6 Å². The molecule has 1 aliphatic heterocycles. The van der Waals surface area contributed by atoms with E-state index in [-0.39, 0.29) is 41.9 Å². The van der Waals surface area contributed by atoms with Gasteiger partial charge in [-0.2, -0.15) is 0 Å². The van der Waals surface area contributed by atoms with Crippen molar-refractivity contribution in [2.75, 3.05) is 43.1 Å². The lowest BCUT2D eigenvalue weighted by Gasteiger charge is -2.30. The molecule has 0 saturated heterocycles. The Morgan fingerprint density at radius 2 is 1.76 bits per heavy atom. The van der Waals surface area contributed by atoms with E-state index >= 15 is 0 Å². The molecule has 0 aliphatic carbocycles. The Morgan fingerprint density at radius 3 is 2.47 bits per heavy atom. The van der Waals surface area contributed by atoms with Crippen molar-refractivity contribution in [3.8, 4) is 5.75 Å². The van der Waals surface area contributed by atoms with Crippen molar-refractivity contribution in [2.45, 2.75) is 39.0 Å². The van der Waals surface area contributed by atoms with Gasteiger partial charge in [-0.25, -0.2) is 22.7 Å². The molecular weight excluding hydrogens is 662 g/mol. The standard InChI is InChI=1S/C37H40ClN5O5S/c1-5-42(20-21-44)28-16-17-30(26(3)24-28)39-35(37(45)41-31-12-7-6-11-29(31)38)36-40-32-13-8-9-14-34(32)49(46,47)43(36)19-10-22-48-33-18-15-25(2)23-27(33)4/h6-9,11-18,23-24,44H,5,10,19-22H2,1-4H3,(H,41,45). The quantitative estimate of drug-likeness (QED) is 0.114. The third-order valence-corrected chi connectivity index (χ3v) is 10.2. The van der Waals surface area contributed by atoms with E-state index in [0.29, 0.717) is 41.7 Å². The normalized spacial score (nSPS) is 13.8. The lowest BCUT2D eigenvalue weighted by molar-refractivity contribution is -0.110. The summed E-state index contributed by atoms with van der Waals surface area (Å²) in [7, 11) is -4.15. The maximum Gasteiger partial charge on any atom is 0.278 e. The van der Waals surface area contributed by atoms with Crippen LogP contribution in [0.1, 0.15) is 30.0 Å². The van der Waals surface area contributed by atoms with Gasteiger partial charge >= 0.3 is 0 Å². The maximum absolute atomic E-state index is 14.2. The van der Waals surface area contributed by atoms with E-state index in [4.69, 9.17) is 26.3 Å². The highest BCUT2D eigenvalue weighted by atomic mass is 35.5.